The van der Waals surface area contributed by atoms with E-state index in [1.165, 1.54) is 0 Å². The van der Waals surface area contributed by atoms with Crippen LogP contribution in [0.3, 0.4) is 0 Å². The zero-order valence-electron chi connectivity index (χ0n) is 8.52. The van der Waals surface area contributed by atoms with Crippen molar-refractivity contribution in [2.75, 3.05) is 13.6 Å². The maximum absolute atomic E-state index is 8.80. The quantitative estimate of drug-likeness (QED) is 0.659. The van der Waals surface area contributed by atoms with Crippen molar-refractivity contribution in [2.24, 2.45) is 5.92 Å². The first kappa shape index (κ1) is 13.5. The SMILES string of the molecule is CC(C)C.CCC(O)CNC. The first-order chi connectivity index (χ1) is 5.04. The fraction of sp³-hybridized carbons (Fsp3) is 1.00. The van der Waals surface area contributed by atoms with Crippen LogP contribution in [0.4, 0.5) is 0 Å². The topological polar surface area (TPSA) is 32.3 Å². The van der Waals surface area contributed by atoms with Gasteiger partial charge in [-0.1, -0.05) is 27.7 Å². The predicted molar refractivity (Wildman–Crippen MR) is 50.7 cm³/mol. The average Bonchev–Trinajstić information content (AvgIpc) is 1.87. The Morgan fingerprint density at radius 3 is 1.73 bits per heavy atom. The molecular formula is C9H23NO. The molecule has 1 unspecified atom stereocenters. The lowest BCUT2D eigenvalue weighted by molar-refractivity contribution is 0.170. The average molecular weight is 161 g/mol. The van der Waals surface area contributed by atoms with E-state index < -0.39 is 0 Å². The van der Waals surface area contributed by atoms with Gasteiger partial charge in [0, 0.05) is 6.54 Å². The van der Waals surface area contributed by atoms with Gasteiger partial charge in [-0.3, -0.25) is 0 Å². The van der Waals surface area contributed by atoms with Gasteiger partial charge in [-0.2, -0.15) is 0 Å². The summed E-state index contributed by atoms with van der Waals surface area (Å²) in [5.74, 6) is 0.833. The summed E-state index contributed by atoms with van der Waals surface area (Å²) in [6, 6.07) is 0. The number of hydrogen-bond donors (Lipinski definition) is 2. The van der Waals surface area contributed by atoms with Crippen LogP contribution in [-0.4, -0.2) is 24.8 Å². The second-order valence-electron chi connectivity index (χ2n) is 3.35. The smallest absolute Gasteiger partial charge is 0.0661 e. The summed E-state index contributed by atoms with van der Waals surface area (Å²) in [7, 11) is 1.83. The minimum Gasteiger partial charge on any atom is -0.392 e. The second-order valence-corrected chi connectivity index (χ2v) is 3.35. The first-order valence-electron chi connectivity index (χ1n) is 4.37. The van der Waals surface area contributed by atoms with E-state index in [2.05, 4.69) is 26.1 Å². The van der Waals surface area contributed by atoms with Crippen LogP contribution in [0.1, 0.15) is 34.1 Å². The van der Waals surface area contributed by atoms with Crippen molar-refractivity contribution in [3.8, 4) is 0 Å². The van der Waals surface area contributed by atoms with Crippen LogP contribution in [0.2, 0.25) is 0 Å². The van der Waals surface area contributed by atoms with Crippen molar-refractivity contribution < 1.29 is 5.11 Å². The Balaban J connectivity index is 0. The molecular weight excluding hydrogens is 138 g/mol. The van der Waals surface area contributed by atoms with Gasteiger partial charge >= 0.3 is 0 Å². The molecule has 0 aromatic carbocycles. The Kier molecular flexibility index (Phi) is 12.2. The summed E-state index contributed by atoms with van der Waals surface area (Å²) < 4.78 is 0. The summed E-state index contributed by atoms with van der Waals surface area (Å²) in [5, 5.41) is 11.7. The third-order valence-electron chi connectivity index (χ3n) is 0.911. The van der Waals surface area contributed by atoms with E-state index in [0.29, 0.717) is 6.54 Å². The molecule has 11 heavy (non-hydrogen) atoms. The summed E-state index contributed by atoms with van der Waals surface area (Å²) in [4.78, 5) is 0. The largest absolute Gasteiger partial charge is 0.392 e. The summed E-state index contributed by atoms with van der Waals surface area (Å²) in [6.45, 7) is 9.17. The highest BCUT2D eigenvalue weighted by molar-refractivity contribution is 4.51. The molecule has 0 aromatic rings. The number of rotatable bonds is 3. The van der Waals surface area contributed by atoms with Gasteiger partial charge in [-0.05, 0) is 19.4 Å². The number of aliphatic hydroxyl groups excluding tert-OH is 1. The van der Waals surface area contributed by atoms with Crippen LogP contribution in [0.15, 0.2) is 0 Å². The molecule has 2 nitrogen and oxygen atoms in total. The van der Waals surface area contributed by atoms with Crippen molar-refractivity contribution in [2.45, 2.75) is 40.2 Å². The third-order valence-corrected chi connectivity index (χ3v) is 0.911. The molecule has 0 heterocycles. The lowest BCUT2D eigenvalue weighted by atomic mass is 10.3. The maximum Gasteiger partial charge on any atom is 0.0661 e. The van der Waals surface area contributed by atoms with Gasteiger partial charge in [0.2, 0.25) is 0 Å². The highest BCUT2D eigenvalue weighted by Gasteiger charge is 1.93. The highest BCUT2D eigenvalue weighted by atomic mass is 16.3. The van der Waals surface area contributed by atoms with E-state index in [0.717, 1.165) is 12.3 Å². The van der Waals surface area contributed by atoms with Crippen LogP contribution in [0.5, 0.6) is 0 Å². The van der Waals surface area contributed by atoms with Gasteiger partial charge in [0.1, 0.15) is 0 Å². The van der Waals surface area contributed by atoms with Crippen molar-refractivity contribution >= 4 is 0 Å². The van der Waals surface area contributed by atoms with Crippen molar-refractivity contribution in [3.05, 3.63) is 0 Å². The van der Waals surface area contributed by atoms with E-state index >= 15 is 0 Å². The summed E-state index contributed by atoms with van der Waals surface area (Å²) in [5.41, 5.74) is 0. The van der Waals surface area contributed by atoms with Crippen LogP contribution in [0.25, 0.3) is 0 Å². The zero-order chi connectivity index (χ0) is 9.28. The standard InChI is InChI=1S/C5H13NO.C4H10/c1-3-5(7)4-6-2;1-4(2)3/h5-7H,3-4H2,1-2H3;4H,1-3H3. The molecule has 0 amide bonds. The molecule has 2 heteroatoms. The molecule has 70 valence electrons. The Hall–Kier alpha value is -0.0800. The van der Waals surface area contributed by atoms with Crippen molar-refractivity contribution in [1.29, 1.82) is 0 Å². The lowest BCUT2D eigenvalue weighted by Gasteiger charge is -2.03. The first-order valence-corrected chi connectivity index (χ1v) is 4.37. The van der Waals surface area contributed by atoms with E-state index in [1.54, 1.807) is 0 Å². The molecule has 0 fully saturated rings. The highest BCUT2D eigenvalue weighted by Crippen LogP contribution is 1.83. The van der Waals surface area contributed by atoms with Gasteiger partial charge in [0.25, 0.3) is 0 Å². The molecule has 0 spiro atoms. The summed E-state index contributed by atoms with van der Waals surface area (Å²) >= 11 is 0. The maximum atomic E-state index is 8.80. The molecule has 0 saturated carbocycles. The zero-order valence-corrected chi connectivity index (χ0v) is 8.52. The Labute approximate surface area is 71.0 Å². The van der Waals surface area contributed by atoms with E-state index in [1.807, 2.05) is 14.0 Å². The monoisotopic (exact) mass is 161 g/mol. The molecule has 0 bridgehead atoms. The Bertz CT molecular complexity index is 61.8. The fourth-order valence-corrected chi connectivity index (χ4v) is 0.380. The number of hydrogen-bond acceptors (Lipinski definition) is 2. The van der Waals surface area contributed by atoms with Gasteiger partial charge in [-0.25, -0.2) is 0 Å². The summed E-state index contributed by atoms with van der Waals surface area (Å²) in [6.07, 6.45) is 0.672. The molecule has 2 N–H and O–H groups in total. The minimum atomic E-state index is -0.162. The molecule has 0 aromatic heterocycles. The fourth-order valence-electron chi connectivity index (χ4n) is 0.380. The van der Waals surface area contributed by atoms with E-state index in [9.17, 15) is 0 Å². The van der Waals surface area contributed by atoms with Gasteiger partial charge in [0.05, 0.1) is 6.10 Å². The van der Waals surface area contributed by atoms with Crippen LogP contribution < -0.4 is 5.32 Å². The van der Waals surface area contributed by atoms with Crippen molar-refractivity contribution in [1.82, 2.24) is 5.32 Å². The Morgan fingerprint density at radius 2 is 1.64 bits per heavy atom. The lowest BCUT2D eigenvalue weighted by Crippen LogP contribution is -2.22. The minimum absolute atomic E-state index is 0.162. The predicted octanol–water partition coefficient (Wildman–Crippen LogP) is 1.64. The number of likely N-dealkylation sites (N-methyl/N-ethyl adjacent to an activating group) is 1. The molecule has 0 radical (unpaired) electrons. The third kappa shape index (κ3) is 25.7. The molecule has 0 aliphatic carbocycles. The van der Waals surface area contributed by atoms with E-state index in [-0.39, 0.29) is 6.10 Å². The molecule has 0 rings (SSSR count). The van der Waals surface area contributed by atoms with E-state index in [4.69, 9.17) is 5.11 Å². The van der Waals surface area contributed by atoms with Crippen LogP contribution in [-0.2, 0) is 0 Å². The molecule has 0 aliphatic rings. The molecule has 0 saturated heterocycles. The normalized spacial score (nSPS) is 12.3. The Morgan fingerprint density at radius 1 is 1.27 bits per heavy atom. The second kappa shape index (κ2) is 9.92. The van der Waals surface area contributed by atoms with Crippen LogP contribution >= 0.6 is 0 Å². The van der Waals surface area contributed by atoms with Gasteiger partial charge < -0.3 is 10.4 Å². The van der Waals surface area contributed by atoms with Crippen LogP contribution in [0, 0.1) is 5.92 Å². The molecule has 0 aliphatic heterocycles. The van der Waals surface area contributed by atoms with Gasteiger partial charge in [0.15, 0.2) is 0 Å². The molecule has 1 atom stereocenters. The van der Waals surface area contributed by atoms with Gasteiger partial charge in [-0.15, -0.1) is 0 Å². The number of nitrogens with one attached hydrogen (secondary N) is 1. The van der Waals surface area contributed by atoms with Crippen molar-refractivity contribution in [3.63, 3.8) is 0 Å². The number of aliphatic hydroxyl groups is 1.